The standard InChI is InChI=1S/C21H19ClN2O3S/c1-2-10-27-21(26)14-6-8-17(9-7-14)23-19(25)12-18-13-28-20(24-18)15-4-3-5-16(22)11-15/h3-9,11,13H,2,10,12H2,1H3,(H,23,25). The molecular formula is C21H19ClN2O3S. The van der Waals surface area contributed by atoms with Gasteiger partial charge in [-0.15, -0.1) is 11.3 Å². The smallest absolute Gasteiger partial charge is 0.338 e. The van der Waals surface area contributed by atoms with Gasteiger partial charge in [0.1, 0.15) is 5.01 Å². The van der Waals surface area contributed by atoms with Gasteiger partial charge in [0, 0.05) is 21.7 Å². The molecule has 28 heavy (non-hydrogen) atoms. The predicted octanol–water partition coefficient (Wildman–Crippen LogP) is 5.21. The molecule has 7 heteroatoms. The number of nitrogens with zero attached hydrogens (tertiary/aromatic N) is 1. The van der Waals surface area contributed by atoms with Gasteiger partial charge in [-0.2, -0.15) is 0 Å². The zero-order valence-corrected chi connectivity index (χ0v) is 16.8. The molecule has 0 unspecified atom stereocenters. The molecule has 144 valence electrons. The molecule has 0 atom stereocenters. The number of ether oxygens (including phenoxy) is 1. The Labute approximate surface area is 172 Å². The van der Waals surface area contributed by atoms with Crippen LogP contribution in [0.1, 0.15) is 29.4 Å². The quantitative estimate of drug-likeness (QED) is 0.539. The van der Waals surface area contributed by atoms with Crippen molar-refractivity contribution < 1.29 is 14.3 Å². The largest absolute Gasteiger partial charge is 0.462 e. The first-order chi connectivity index (χ1) is 13.5. The molecule has 0 aliphatic carbocycles. The van der Waals surface area contributed by atoms with Crippen LogP contribution in [0, 0.1) is 0 Å². The van der Waals surface area contributed by atoms with Gasteiger partial charge in [-0.3, -0.25) is 4.79 Å². The lowest BCUT2D eigenvalue weighted by Gasteiger charge is -2.06. The van der Waals surface area contributed by atoms with Gasteiger partial charge >= 0.3 is 5.97 Å². The van der Waals surface area contributed by atoms with E-state index in [9.17, 15) is 9.59 Å². The van der Waals surface area contributed by atoms with E-state index in [0.717, 1.165) is 17.0 Å². The molecule has 0 fully saturated rings. The van der Waals surface area contributed by atoms with Crippen molar-refractivity contribution in [2.45, 2.75) is 19.8 Å². The second-order valence-corrected chi connectivity index (χ2v) is 7.39. The fourth-order valence-electron chi connectivity index (χ4n) is 2.48. The van der Waals surface area contributed by atoms with Crippen LogP contribution in [0.2, 0.25) is 5.02 Å². The van der Waals surface area contributed by atoms with E-state index in [1.165, 1.54) is 11.3 Å². The van der Waals surface area contributed by atoms with Crippen LogP contribution < -0.4 is 5.32 Å². The number of rotatable bonds is 7. The first kappa shape index (κ1) is 20.0. The van der Waals surface area contributed by atoms with Crippen LogP contribution in [0.15, 0.2) is 53.9 Å². The molecule has 0 bridgehead atoms. The molecule has 0 saturated carbocycles. The fraction of sp³-hybridized carbons (Fsp3) is 0.190. The molecule has 0 radical (unpaired) electrons. The maximum absolute atomic E-state index is 12.3. The van der Waals surface area contributed by atoms with E-state index in [1.54, 1.807) is 24.3 Å². The molecule has 0 spiro atoms. The Morgan fingerprint density at radius 2 is 1.96 bits per heavy atom. The van der Waals surface area contributed by atoms with Gasteiger partial charge in [-0.1, -0.05) is 30.7 Å². The Bertz CT molecular complexity index is 970. The number of amides is 1. The second-order valence-electron chi connectivity index (χ2n) is 6.09. The topological polar surface area (TPSA) is 68.3 Å². The number of halogens is 1. The zero-order valence-electron chi connectivity index (χ0n) is 15.3. The first-order valence-corrected chi connectivity index (χ1v) is 10.1. The highest BCUT2D eigenvalue weighted by atomic mass is 35.5. The minimum Gasteiger partial charge on any atom is -0.462 e. The van der Waals surface area contributed by atoms with Gasteiger partial charge in [0.15, 0.2) is 0 Å². The van der Waals surface area contributed by atoms with Crippen molar-refractivity contribution in [1.82, 2.24) is 4.98 Å². The van der Waals surface area contributed by atoms with Gasteiger partial charge in [0.05, 0.1) is 24.3 Å². The third-order valence-electron chi connectivity index (χ3n) is 3.81. The van der Waals surface area contributed by atoms with Crippen molar-refractivity contribution in [3.05, 3.63) is 70.2 Å². The molecule has 1 N–H and O–H groups in total. The van der Waals surface area contributed by atoms with Crippen molar-refractivity contribution >= 4 is 40.5 Å². The summed E-state index contributed by atoms with van der Waals surface area (Å²) in [6.07, 6.45) is 0.937. The van der Waals surface area contributed by atoms with E-state index in [2.05, 4.69) is 10.3 Å². The van der Waals surface area contributed by atoms with Crippen LogP contribution in [-0.4, -0.2) is 23.5 Å². The minimum atomic E-state index is -0.365. The average Bonchev–Trinajstić information content (AvgIpc) is 3.15. The summed E-state index contributed by atoms with van der Waals surface area (Å²) in [6.45, 7) is 2.33. The number of aromatic nitrogens is 1. The summed E-state index contributed by atoms with van der Waals surface area (Å²) in [4.78, 5) is 28.6. The molecule has 1 heterocycles. The summed E-state index contributed by atoms with van der Waals surface area (Å²) < 4.78 is 5.08. The third kappa shape index (κ3) is 5.41. The molecule has 1 aromatic heterocycles. The number of carbonyl (C=O) groups is 2. The molecule has 0 aliphatic rings. The van der Waals surface area contributed by atoms with Crippen molar-refractivity contribution in [1.29, 1.82) is 0 Å². The average molecular weight is 415 g/mol. The van der Waals surface area contributed by atoms with Crippen LogP contribution >= 0.6 is 22.9 Å². The number of nitrogens with one attached hydrogen (secondary N) is 1. The van der Waals surface area contributed by atoms with E-state index in [1.807, 2.05) is 36.6 Å². The van der Waals surface area contributed by atoms with Crippen molar-refractivity contribution in [3.63, 3.8) is 0 Å². The van der Waals surface area contributed by atoms with Crippen molar-refractivity contribution in [3.8, 4) is 10.6 Å². The molecule has 1 amide bonds. The van der Waals surface area contributed by atoms with Crippen LogP contribution in [0.5, 0.6) is 0 Å². The van der Waals surface area contributed by atoms with E-state index >= 15 is 0 Å². The Morgan fingerprint density at radius 1 is 1.18 bits per heavy atom. The lowest BCUT2D eigenvalue weighted by Crippen LogP contribution is -2.14. The van der Waals surface area contributed by atoms with E-state index in [0.29, 0.717) is 28.6 Å². The number of esters is 1. The first-order valence-electron chi connectivity index (χ1n) is 8.82. The summed E-state index contributed by atoms with van der Waals surface area (Å²) in [5.74, 6) is -0.542. The summed E-state index contributed by atoms with van der Waals surface area (Å²) in [7, 11) is 0. The highest BCUT2D eigenvalue weighted by Crippen LogP contribution is 2.26. The zero-order chi connectivity index (χ0) is 19.9. The van der Waals surface area contributed by atoms with Crippen LogP contribution in [-0.2, 0) is 16.0 Å². The lowest BCUT2D eigenvalue weighted by molar-refractivity contribution is -0.115. The SMILES string of the molecule is CCCOC(=O)c1ccc(NC(=O)Cc2csc(-c3cccc(Cl)c3)n2)cc1. The normalized spacial score (nSPS) is 10.5. The maximum atomic E-state index is 12.3. The third-order valence-corrected chi connectivity index (χ3v) is 4.98. The number of thiazole rings is 1. The highest BCUT2D eigenvalue weighted by molar-refractivity contribution is 7.13. The number of carbonyl (C=O) groups excluding carboxylic acids is 2. The van der Waals surface area contributed by atoms with Gasteiger partial charge in [0.2, 0.25) is 5.91 Å². The van der Waals surface area contributed by atoms with Gasteiger partial charge < -0.3 is 10.1 Å². The number of benzene rings is 2. The van der Waals surface area contributed by atoms with Crippen molar-refractivity contribution in [2.75, 3.05) is 11.9 Å². The van der Waals surface area contributed by atoms with Crippen LogP contribution in [0.25, 0.3) is 10.6 Å². The molecule has 5 nitrogen and oxygen atoms in total. The highest BCUT2D eigenvalue weighted by Gasteiger charge is 2.11. The summed E-state index contributed by atoms with van der Waals surface area (Å²) in [5, 5.41) is 6.14. The van der Waals surface area contributed by atoms with E-state index < -0.39 is 0 Å². The molecule has 0 saturated heterocycles. The molecule has 3 aromatic rings. The van der Waals surface area contributed by atoms with E-state index in [-0.39, 0.29) is 18.3 Å². The van der Waals surface area contributed by atoms with Crippen LogP contribution in [0.4, 0.5) is 5.69 Å². The summed E-state index contributed by atoms with van der Waals surface area (Å²) >= 11 is 7.49. The van der Waals surface area contributed by atoms with Gasteiger partial charge in [-0.25, -0.2) is 9.78 Å². The monoisotopic (exact) mass is 414 g/mol. The number of hydrogen-bond acceptors (Lipinski definition) is 5. The second kappa shape index (κ2) is 9.48. The Morgan fingerprint density at radius 3 is 2.68 bits per heavy atom. The lowest BCUT2D eigenvalue weighted by atomic mass is 10.2. The molecule has 2 aromatic carbocycles. The number of anilines is 1. The van der Waals surface area contributed by atoms with Crippen molar-refractivity contribution in [2.24, 2.45) is 0 Å². The van der Waals surface area contributed by atoms with Gasteiger partial charge in [0.25, 0.3) is 0 Å². The van der Waals surface area contributed by atoms with Gasteiger partial charge in [-0.05, 0) is 42.8 Å². The predicted molar refractivity (Wildman–Crippen MR) is 112 cm³/mol. The minimum absolute atomic E-state index is 0.164. The molecule has 0 aliphatic heterocycles. The Balaban J connectivity index is 1.58. The summed E-state index contributed by atoms with van der Waals surface area (Å²) in [5.41, 5.74) is 2.69. The maximum Gasteiger partial charge on any atom is 0.338 e. The Hall–Kier alpha value is -2.70. The molecular weight excluding hydrogens is 396 g/mol. The number of hydrogen-bond donors (Lipinski definition) is 1. The fourth-order valence-corrected chi connectivity index (χ4v) is 3.49. The molecule has 3 rings (SSSR count). The summed E-state index contributed by atoms with van der Waals surface area (Å²) in [6, 6.07) is 14.1. The Kier molecular flexibility index (Phi) is 6.79. The van der Waals surface area contributed by atoms with E-state index in [4.69, 9.17) is 16.3 Å². The van der Waals surface area contributed by atoms with Crippen LogP contribution in [0.3, 0.4) is 0 Å².